The van der Waals surface area contributed by atoms with Crippen molar-refractivity contribution >= 4 is 11.3 Å². The molecule has 19 heavy (non-hydrogen) atoms. The standard InChI is InChI=1S/C15H21N3S/c1-4-7-16-14(15-10-18-12(3)19-15)9-13-11(2)6-5-8-17-13/h5-6,8,10,14,16H,4,7,9H2,1-3H3. The van der Waals surface area contributed by atoms with Crippen LogP contribution in [0.3, 0.4) is 0 Å². The van der Waals surface area contributed by atoms with Crippen molar-refractivity contribution < 1.29 is 0 Å². The van der Waals surface area contributed by atoms with Crippen LogP contribution in [0.4, 0.5) is 0 Å². The molecule has 2 heterocycles. The van der Waals surface area contributed by atoms with Crippen molar-refractivity contribution in [2.24, 2.45) is 0 Å². The van der Waals surface area contributed by atoms with Crippen LogP contribution in [0.5, 0.6) is 0 Å². The molecule has 0 bridgehead atoms. The van der Waals surface area contributed by atoms with Crippen molar-refractivity contribution in [3.05, 3.63) is 45.7 Å². The Morgan fingerprint density at radius 2 is 2.16 bits per heavy atom. The third-order valence-corrected chi connectivity index (χ3v) is 4.17. The van der Waals surface area contributed by atoms with E-state index in [0.717, 1.165) is 24.4 Å². The number of hydrogen-bond donors (Lipinski definition) is 1. The van der Waals surface area contributed by atoms with Crippen LogP contribution in [0, 0.1) is 13.8 Å². The Bertz CT molecular complexity index is 522. The van der Waals surface area contributed by atoms with E-state index in [1.165, 1.54) is 16.1 Å². The second-order valence-electron chi connectivity index (χ2n) is 4.76. The van der Waals surface area contributed by atoms with Crippen LogP contribution < -0.4 is 5.32 Å². The summed E-state index contributed by atoms with van der Waals surface area (Å²) in [6.45, 7) is 7.38. The zero-order valence-corrected chi connectivity index (χ0v) is 12.6. The molecule has 4 heteroatoms. The smallest absolute Gasteiger partial charge is 0.0897 e. The molecule has 0 aliphatic heterocycles. The van der Waals surface area contributed by atoms with Gasteiger partial charge in [0.25, 0.3) is 0 Å². The zero-order chi connectivity index (χ0) is 13.7. The number of nitrogens with one attached hydrogen (secondary N) is 1. The molecular formula is C15H21N3S. The number of rotatable bonds is 6. The Balaban J connectivity index is 2.16. The van der Waals surface area contributed by atoms with Crippen molar-refractivity contribution in [2.45, 2.75) is 39.7 Å². The summed E-state index contributed by atoms with van der Waals surface area (Å²) in [5.41, 5.74) is 2.43. The first-order valence-corrected chi connectivity index (χ1v) is 7.58. The van der Waals surface area contributed by atoms with Gasteiger partial charge in [0.05, 0.1) is 5.01 Å². The zero-order valence-electron chi connectivity index (χ0n) is 11.8. The fourth-order valence-corrected chi connectivity index (χ4v) is 2.92. The highest BCUT2D eigenvalue weighted by Gasteiger charge is 2.15. The molecule has 0 spiro atoms. The number of hydrogen-bond acceptors (Lipinski definition) is 4. The predicted molar refractivity (Wildman–Crippen MR) is 80.6 cm³/mol. The van der Waals surface area contributed by atoms with Gasteiger partial charge in [0.2, 0.25) is 0 Å². The van der Waals surface area contributed by atoms with Gasteiger partial charge >= 0.3 is 0 Å². The van der Waals surface area contributed by atoms with E-state index in [0.29, 0.717) is 6.04 Å². The predicted octanol–water partition coefficient (Wildman–Crippen LogP) is 3.44. The van der Waals surface area contributed by atoms with E-state index in [1.54, 1.807) is 11.3 Å². The van der Waals surface area contributed by atoms with E-state index in [4.69, 9.17) is 0 Å². The first-order valence-electron chi connectivity index (χ1n) is 6.77. The van der Waals surface area contributed by atoms with Crippen molar-refractivity contribution in [3.8, 4) is 0 Å². The van der Waals surface area contributed by atoms with Gasteiger partial charge in [0.1, 0.15) is 0 Å². The number of nitrogens with zero attached hydrogens (tertiary/aromatic N) is 2. The highest BCUT2D eigenvalue weighted by atomic mass is 32.1. The molecule has 0 amide bonds. The third kappa shape index (κ3) is 3.85. The minimum absolute atomic E-state index is 0.319. The largest absolute Gasteiger partial charge is 0.309 e. The lowest BCUT2D eigenvalue weighted by Crippen LogP contribution is -2.24. The molecule has 0 saturated carbocycles. The first-order chi connectivity index (χ1) is 9.20. The van der Waals surface area contributed by atoms with Gasteiger partial charge < -0.3 is 5.32 Å². The second-order valence-corrected chi connectivity index (χ2v) is 6.03. The molecule has 3 nitrogen and oxygen atoms in total. The van der Waals surface area contributed by atoms with Gasteiger partial charge in [-0.3, -0.25) is 4.98 Å². The lowest BCUT2D eigenvalue weighted by atomic mass is 10.1. The van der Waals surface area contributed by atoms with Gasteiger partial charge in [-0.1, -0.05) is 13.0 Å². The van der Waals surface area contributed by atoms with Crippen LogP contribution >= 0.6 is 11.3 Å². The minimum Gasteiger partial charge on any atom is -0.309 e. The monoisotopic (exact) mass is 275 g/mol. The Morgan fingerprint density at radius 3 is 2.79 bits per heavy atom. The van der Waals surface area contributed by atoms with E-state index in [9.17, 15) is 0 Å². The molecule has 0 radical (unpaired) electrons. The summed E-state index contributed by atoms with van der Waals surface area (Å²) in [4.78, 5) is 10.2. The van der Waals surface area contributed by atoms with E-state index in [1.807, 2.05) is 18.5 Å². The molecule has 0 aliphatic carbocycles. The summed E-state index contributed by atoms with van der Waals surface area (Å²) >= 11 is 1.77. The second kappa shape index (κ2) is 6.78. The maximum atomic E-state index is 4.50. The average molecular weight is 275 g/mol. The van der Waals surface area contributed by atoms with Gasteiger partial charge in [0, 0.05) is 35.4 Å². The Morgan fingerprint density at radius 1 is 1.32 bits per heavy atom. The van der Waals surface area contributed by atoms with Crippen molar-refractivity contribution in [2.75, 3.05) is 6.54 Å². The molecule has 0 saturated heterocycles. The summed E-state index contributed by atoms with van der Waals surface area (Å²) in [5.74, 6) is 0. The van der Waals surface area contributed by atoms with Crippen molar-refractivity contribution in [1.82, 2.24) is 15.3 Å². The third-order valence-electron chi connectivity index (χ3n) is 3.14. The lowest BCUT2D eigenvalue weighted by Gasteiger charge is -2.17. The summed E-state index contributed by atoms with van der Waals surface area (Å²) in [6, 6.07) is 4.43. The van der Waals surface area contributed by atoms with Gasteiger partial charge in [0.15, 0.2) is 0 Å². The Hall–Kier alpha value is -1.26. The summed E-state index contributed by atoms with van der Waals surface area (Å²) < 4.78 is 0. The van der Waals surface area contributed by atoms with Gasteiger partial charge in [-0.25, -0.2) is 4.98 Å². The van der Waals surface area contributed by atoms with Gasteiger partial charge in [-0.15, -0.1) is 11.3 Å². The van der Waals surface area contributed by atoms with E-state index in [2.05, 4.69) is 42.1 Å². The molecule has 102 valence electrons. The van der Waals surface area contributed by atoms with Gasteiger partial charge in [-0.05, 0) is 38.4 Å². The molecule has 1 atom stereocenters. The molecule has 1 N–H and O–H groups in total. The molecule has 0 aliphatic rings. The maximum absolute atomic E-state index is 4.50. The first kappa shape index (κ1) is 14.2. The maximum Gasteiger partial charge on any atom is 0.0897 e. The van der Waals surface area contributed by atoms with Crippen molar-refractivity contribution in [1.29, 1.82) is 0 Å². The number of aromatic nitrogens is 2. The van der Waals surface area contributed by atoms with E-state index >= 15 is 0 Å². The highest BCUT2D eigenvalue weighted by Crippen LogP contribution is 2.24. The van der Waals surface area contributed by atoms with Crippen molar-refractivity contribution in [3.63, 3.8) is 0 Å². The average Bonchev–Trinajstić information content (AvgIpc) is 2.83. The fraction of sp³-hybridized carbons (Fsp3) is 0.467. The molecule has 2 aromatic heterocycles. The van der Waals surface area contributed by atoms with Crippen LogP contribution in [0.2, 0.25) is 0 Å². The Labute approximate surface area is 119 Å². The van der Waals surface area contributed by atoms with Crippen LogP contribution in [0.1, 0.15) is 40.5 Å². The number of aryl methyl sites for hydroxylation is 2. The molecular weight excluding hydrogens is 254 g/mol. The fourth-order valence-electron chi connectivity index (χ4n) is 2.06. The van der Waals surface area contributed by atoms with E-state index < -0.39 is 0 Å². The quantitative estimate of drug-likeness (QED) is 0.877. The van der Waals surface area contributed by atoms with Crippen LogP contribution in [0.15, 0.2) is 24.5 Å². The van der Waals surface area contributed by atoms with Gasteiger partial charge in [-0.2, -0.15) is 0 Å². The number of pyridine rings is 1. The topological polar surface area (TPSA) is 37.8 Å². The van der Waals surface area contributed by atoms with Crippen LogP contribution in [-0.4, -0.2) is 16.5 Å². The molecule has 1 unspecified atom stereocenters. The highest BCUT2D eigenvalue weighted by molar-refractivity contribution is 7.11. The van der Waals surface area contributed by atoms with Crippen LogP contribution in [0.25, 0.3) is 0 Å². The minimum atomic E-state index is 0.319. The normalized spacial score (nSPS) is 12.6. The molecule has 2 aromatic rings. The van der Waals surface area contributed by atoms with Crippen LogP contribution in [-0.2, 0) is 6.42 Å². The molecule has 0 aromatic carbocycles. The van der Waals surface area contributed by atoms with E-state index in [-0.39, 0.29) is 0 Å². The summed E-state index contributed by atoms with van der Waals surface area (Å²) in [7, 11) is 0. The summed E-state index contributed by atoms with van der Waals surface area (Å²) in [6.07, 6.45) is 5.92. The summed E-state index contributed by atoms with van der Waals surface area (Å²) in [5, 5.41) is 4.73. The Kier molecular flexibility index (Phi) is 5.05. The lowest BCUT2D eigenvalue weighted by molar-refractivity contribution is 0.530. The SMILES string of the molecule is CCCNC(Cc1ncccc1C)c1cnc(C)s1. The number of thiazole rings is 1. The molecule has 0 fully saturated rings. The molecule has 2 rings (SSSR count).